The van der Waals surface area contributed by atoms with Crippen LogP contribution < -0.4 is 0 Å². The van der Waals surface area contributed by atoms with Crippen LogP contribution in [0.5, 0.6) is 0 Å². The van der Waals surface area contributed by atoms with E-state index in [4.69, 9.17) is 0 Å². The second-order valence-corrected chi connectivity index (χ2v) is 7.18. The summed E-state index contributed by atoms with van der Waals surface area (Å²) in [5.74, 6) is -0.936. The number of likely N-dealkylation sites (tertiary alicyclic amines) is 1. The van der Waals surface area contributed by atoms with Crippen LogP contribution >= 0.6 is 0 Å². The lowest BCUT2D eigenvalue weighted by molar-refractivity contribution is -0.143. The average molecular weight is 377 g/mol. The number of benzene rings is 2. The molecule has 0 aliphatic carbocycles. The number of aliphatic carboxylic acids is 1. The van der Waals surface area contributed by atoms with Gasteiger partial charge in [0.2, 0.25) is 0 Å². The van der Waals surface area contributed by atoms with E-state index in [1.807, 2.05) is 36.9 Å². The molecule has 0 saturated carbocycles. The highest BCUT2D eigenvalue weighted by atomic mass is 19.4. The monoisotopic (exact) mass is 377 g/mol. The molecule has 2 atom stereocenters. The van der Waals surface area contributed by atoms with Gasteiger partial charge in [0, 0.05) is 6.54 Å². The minimum Gasteiger partial charge on any atom is -0.480 e. The number of hydrogen-bond donors (Lipinski definition) is 1. The van der Waals surface area contributed by atoms with E-state index in [0.717, 1.165) is 28.8 Å². The van der Waals surface area contributed by atoms with Crippen molar-refractivity contribution < 1.29 is 23.1 Å². The summed E-state index contributed by atoms with van der Waals surface area (Å²) in [7, 11) is 0. The van der Waals surface area contributed by atoms with Crippen LogP contribution in [0.1, 0.15) is 46.7 Å². The van der Waals surface area contributed by atoms with Crippen molar-refractivity contribution in [3.8, 4) is 0 Å². The number of carboxylic acid groups (broad SMARTS) is 1. The zero-order valence-electron chi connectivity index (χ0n) is 15.3. The lowest BCUT2D eigenvalue weighted by atomic mass is 9.92. The topological polar surface area (TPSA) is 40.5 Å². The Morgan fingerprint density at radius 3 is 2.37 bits per heavy atom. The van der Waals surface area contributed by atoms with Gasteiger partial charge >= 0.3 is 12.1 Å². The molecule has 2 aromatic rings. The quantitative estimate of drug-likeness (QED) is 0.819. The number of aryl methyl sites for hydroxylation is 2. The first-order valence-electron chi connectivity index (χ1n) is 8.90. The number of hydrogen-bond acceptors (Lipinski definition) is 2. The first-order chi connectivity index (χ1) is 12.7. The Bertz CT molecular complexity index is 827. The molecular formula is C21H22F3NO2. The van der Waals surface area contributed by atoms with Crippen molar-refractivity contribution >= 4 is 5.97 Å². The predicted octanol–water partition coefficient (Wildman–Crippen LogP) is 4.96. The van der Waals surface area contributed by atoms with E-state index in [1.54, 1.807) is 6.07 Å². The second kappa shape index (κ2) is 7.35. The number of alkyl halides is 3. The van der Waals surface area contributed by atoms with E-state index in [9.17, 15) is 23.1 Å². The van der Waals surface area contributed by atoms with E-state index in [0.29, 0.717) is 24.9 Å². The molecule has 0 aromatic heterocycles. The first-order valence-corrected chi connectivity index (χ1v) is 8.90. The van der Waals surface area contributed by atoms with Gasteiger partial charge in [-0.15, -0.1) is 0 Å². The Labute approximate surface area is 156 Å². The Kier molecular flexibility index (Phi) is 5.29. The van der Waals surface area contributed by atoms with Crippen molar-refractivity contribution in [3.63, 3.8) is 0 Å². The maximum atomic E-state index is 13.2. The normalized spacial score (nSPS) is 19.2. The van der Waals surface area contributed by atoms with Crippen LogP contribution in [0.2, 0.25) is 0 Å². The highest BCUT2D eigenvalue weighted by Crippen LogP contribution is 2.38. The van der Waals surface area contributed by atoms with Gasteiger partial charge in [0.25, 0.3) is 0 Å². The maximum absolute atomic E-state index is 13.2. The molecule has 0 radical (unpaired) electrons. The molecule has 27 heavy (non-hydrogen) atoms. The third kappa shape index (κ3) is 4.16. The summed E-state index contributed by atoms with van der Waals surface area (Å²) in [6.45, 7) is 4.39. The lowest BCUT2D eigenvalue weighted by Gasteiger charge is -2.32. The van der Waals surface area contributed by atoms with Gasteiger partial charge < -0.3 is 5.11 Å². The Morgan fingerprint density at radius 1 is 1.11 bits per heavy atom. The summed E-state index contributed by atoms with van der Waals surface area (Å²) >= 11 is 0. The van der Waals surface area contributed by atoms with Gasteiger partial charge in [-0.2, -0.15) is 13.2 Å². The van der Waals surface area contributed by atoms with Crippen LogP contribution in [-0.2, 0) is 11.0 Å². The molecule has 2 aromatic carbocycles. The standard InChI is InChI=1S/C21H22F3NO2/c1-13-9-14(2)11-16(10-13)19(25-8-4-7-18(25)20(26)27)15-5-3-6-17(12-15)21(22,23)24/h3,5-6,9-12,18-19H,4,7-8H2,1-2H3,(H,26,27). The van der Waals surface area contributed by atoms with E-state index in [-0.39, 0.29) is 0 Å². The maximum Gasteiger partial charge on any atom is 0.416 e. The molecule has 1 N–H and O–H groups in total. The van der Waals surface area contributed by atoms with E-state index in [2.05, 4.69) is 0 Å². The fourth-order valence-electron chi connectivity index (χ4n) is 3.99. The molecule has 1 fully saturated rings. The molecule has 3 nitrogen and oxygen atoms in total. The van der Waals surface area contributed by atoms with Crippen LogP contribution in [0.4, 0.5) is 13.2 Å². The highest BCUT2D eigenvalue weighted by Gasteiger charge is 2.38. The Morgan fingerprint density at radius 2 is 1.78 bits per heavy atom. The SMILES string of the molecule is Cc1cc(C)cc(C(c2cccc(C(F)(F)F)c2)N2CCCC2C(=O)O)c1. The molecule has 144 valence electrons. The van der Waals surface area contributed by atoms with Gasteiger partial charge in [0.05, 0.1) is 11.6 Å². The molecule has 2 unspecified atom stereocenters. The van der Waals surface area contributed by atoms with Crippen LogP contribution in [0.15, 0.2) is 42.5 Å². The predicted molar refractivity (Wildman–Crippen MR) is 96.6 cm³/mol. The number of carbonyl (C=O) groups is 1. The summed E-state index contributed by atoms with van der Waals surface area (Å²) in [5, 5.41) is 9.60. The van der Waals surface area contributed by atoms with Crippen molar-refractivity contribution in [1.82, 2.24) is 4.90 Å². The van der Waals surface area contributed by atoms with Gasteiger partial charge in [-0.3, -0.25) is 9.69 Å². The molecular weight excluding hydrogens is 355 g/mol. The van der Waals surface area contributed by atoms with Crippen molar-refractivity contribution in [2.24, 2.45) is 0 Å². The van der Waals surface area contributed by atoms with Crippen LogP contribution in [0.3, 0.4) is 0 Å². The number of carboxylic acids is 1. The Hall–Kier alpha value is -2.34. The zero-order valence-corrected chi connectivity index (χ0v) is 15.3. The van der Waals surface area contributed by atoms with Crippen molar-refractivity contribution in [3.05, 3.63) is 70.3 Å². The van der Waals surface area contributed by atoms with E-state index >= 15 is 0 Å². The van der Waals surface area contributed by atoms with Crippen LogP contribution in [0, 0.1) is 13.8 Å². The smallest absolute Gasteiger partial charge is 0.416 e. The zero-order chi connectivity index (χ0) is 19.8. The van der Waals surface area contributed by atoms with Gasteiger partial charge in [0.15, 0.2) is 0 Å². The molecule has 1 aliphatic heterocycles. The van der Waals surface area contributed by atoms with Gasteiger partial charge in [-0.25, -0.2) is 0 Å². The highest BCUT2D eigenvalue weighted by molar-refractivity contribution is 5.74. The molecule has 6 heteroatoms. The van der Waals surface area contributed by atoms with Gasteiger partial charge in [-0.1, -0.05) is 41.5 Å². The van der Waals surface area contributed by atoms with Crippen molar-refractivity contribution in [2.45, 2.75) is 44.9 Å². The van der Waals surface area contributed by atoms with Crippen molar-refractivity contribution in [2.75, 3.05) is 6.54 Å². The van der Waals surface area contributed by atoms with E-state index < -0.39 is 29.8 Å². The van der Waals surface area contributed by atoms with Crippen LogP contribution in [-0.4, -0.2) is 28.6 Å². The summed E-state index contributed by atoms with van der Waals surface area (Å²) in [6.07, 6.45) is -3.24. The molecule has 1 aliphatic rings. The lowest BCUT2D eigenvalue weighted by Crippen LogP contribution is -2.39. The summed E-state index contributed by atoms with van der Waals surface area (Å²) < 4.78 is 39.7. The van der Waals surface area contributed by atoms with Gasteiger partial charge in [-0.05, 0) is 49.9 Å². The summed E-state index contributed by atoms with van der Waals surface area (Å²) in [6, 6.07) is 9.82. The number of rotatable bonds is 4. The largest absolute Gasteiger partial charge is 0.480 e. The third-order valence-corrected chi connectivity index (χ3v) is 5.00. The minimum atomic E-state index is -4.44. The number of nitrogens with zero attached hydrogens (tertiary/aromatic N) is 1. The molecule has 0 bridgehead atoms. The molecule has 3 rings (SSSR count). The molecule has 0 spiro atoms. The fourth-order valence-corrected chi connectivity index (χ4v) is 3.99. The molecule has 1 heterocycles. The van der Waals surface area contributed by atoms with E-state index in [1.165, 1.54) is 6.07 Å². The van der Waals surface area contributed by atoms with Gasteiger partial charge in [0.1, 0.15) is 6.04 Å². The summed E-state index contributed by atoms with van der Waals surface area (Å²) in [5.41, 5.74) is 2.55. The minimum absolute atomic E-state index is 0.461. The molecule has 1 saturated heterocycles. The third-order valence-electron chi connectivity index (χ3n) is 5.00. The molecule has 0 amide bonds. The Balaban J connectivity index is 2.15. The number of halogens is 3. The summed E-state index contributed by atoms with van der Waals surface area (Å²) in [4.78, 5) is 13.5. The van der Waals surface area contributed by atoms with Crippen LogP contribution in [0.25, 0.3) is 0 Å². The first kappa shape index (κ1) is 19.4. The fraction of sp³-hybridized carbons (Fsp3) is 0.381. The average Bonchev–Trinajstić information content (AvgIpc) is 3.03. The van der Waals surface area contributed by atoms with Crippen molar-refractivity contribution in [1.29, 1.82) is 0 Å². The second-order valence-electron chi connectivity index (χ2n) is 7.18.